The fraction of sp³-hybridized carbons (Fsp3) is 0.0909. The number of hydrogen-bond donors (Lipinski definition) is 1. The summed E-state index contributed by atoms with van der Waals surface area (Å²) in [6.07, 6.45) is 0.700. The van der Waals surface area contributed by atoms with E-state index < -0.39 is 0 Å². The van der Waals surface area contributed by atoms with Crippen molar-refractivity contribution >= 4 is 17.9 Å². The van der Waals surface area contributed by atoms with Crippen LogP contribution in [0.1, 0.15) is 10.4 Å². The molecule has 6 heteroatoms. The number of ether oxygens (including phenoxy) is 3. The second-order valence-corrected chi connectivity index (χ2v) is 5.80. The predicted octanol–water partition coefficient (Wildman–Crippen LogP) is 4.32. The van der Waals surface area contributed by atoms with Crippen LogP contribution >= 0.6 is 0 Å². The summed E-state index contributed by atoms with van der Waals surface area (Å²) in [6.45, 7) is -0.221. The first-order valence-electron chi connectivity index (χ1n) is 8.57. The van der Waals surface area contributed by atoms with Crippen molar-refractivity contribution < 1.29 is 23.8 Å². The summed E-state index contributed by atoms with van der Waals surface area (Å²) in [5, 5.41) is 2.74. The first kappa shape index (κ1) is 19.0. The van der Waals surface area contributed by atoms with Crippen LogP contribution in [0.15, 0.2) is 72.8 Å². The Morgan fingerprint density at radius 3 is 2.32 bits per heavy atom. The molecule has 1 N–H and O–H groups in total. The van der Waals surface area contributed by atoms with Crippen molar-refractivity contribution in [3.05, 3.63) is 78.4 Å². The molecule has 0 atom stereocenters. The van der Waals surface area contributed by atoms with Crippen molar-refractivity contribution in [2.24, 2.45) is 0 Å². The molecule has 3 rings (SSSR count). The van der Waals surface area contributed by atoms with Gasteiger partial charge in [0, 0.05) is 11.3 Å². The number of hydrogen-bond acceptors (Lipinski definition) is 5. The van der Waals surface area contributed by atoms with Gasteiger partial charge in [0.05, 0.1) is 7.11 Å². The average Bonchev–Trinajstić information content (AvgIpc) is 2.74. The van der Waals surface area contributed by atoms with Gasteiger partial charge in [0.1, 0.15) is 17.8 Å². The molecule has 0 saturated heterocycles. The number of carbonyl (C=O) groups excluding carboxylic acids is 2. The van der Waals surface area contributed by atoms with E-state index >= 15 is 0 Å². The number of anilines is 1. The number of amides is 1. The molecule has 0 aliphatic rings. The Labute approximate surface area is 162 Å². The maximum atomic E-state index is 12.1. The fourth-order valence-corrected chi connectivity index (χ4v) is 2.45. The summed E-state index contributed by atoms with van der Waals surface area (Å²) in [4.78, 5) is 23.0. The lowest BCUT2D eigenvalue weighted by Crippen LogP contribution is -2.20. The van der Waals surface area contributed by atoms with Crippen LogP contribution in [0.2, 0.25) is 0 Å². The van der Waals surface area contributed by atoms with Gasteiger partial charge in [-0.25, -0.2) is 0 Å². The first-order chi connectivity index (χ1) is 13.7. The molecular weight excluding hydrogens is 358 g/mol. The largest absolute Gasteiger partial charge is 0.493 e. The van der Waals surface area contributed by atoms with E-state index in [1.54, 1.807) is 36.4 Å². The molecule has 6 nitrogen and oxygen atoms in total. The number of methoxy groups -OCH3 is 1. The van der Waals surface area contributed by atoms with E-state index in [4.69, 9.17) is 14.2 Å². The summed E-state index contributed by atoms with van der Waals surface area (Å²) >= 11 is 0. The number of aldehydes is 1. The summed E-state index contributed by atoms with van der Waals surface area (Å²) in [5.74, 6) is 1.83. The van der Waals surface area contributed by atoms with E-state index in [-0.39, 0.29) is 12.5 Å². The molecule has 3 aromatic carbocycles. The smallest absolute Gasteiger partial charge is 0.262 e. The van der Waals surface area contributed by atoms with E-state index in [0.29, 0.717) is 34.8 Å². The lowest BCUT2D eigenvalue weighted by atomic mass is 10.2. The highest BCUT2D eigenvalue weighted by Gasteiger charge is 2.09. The lowest BCUT2D eigenvalue weighted by Gasteiger charge is -2.11. The number of para-hydroxylation sites is 1. The molecule has 0 unspecified atom stereocenters. The third kappa shape index (κ3) is 5.11. The van der Waals surface area contributed by atoms with E-state index in [2.05, 4.69) is 5.32 Å². The van der Waals surface area contributed by atoms with Gasteiger partial charge in [-0.3, -0.25) is 9.59 Å². The Morgan fingerprint density at radius 2 is 1.64 bits per heavy atom. The Morgan fingerprint density at radius 1 is 0.929 bits per heavy atom. The van der Waals surface area contributed by atoms with Gasteiger partial charge in [-0.1, -0.05) is 18.2 Å². The van der Waals surface area contributed by atoms with Crippen molar-refractivity contribution in [2.75, 3.05) is 19.0 Å². The Balaban J connectivity index is 1.56. The molecule has 142 valence electrons. The zero-order valence-corrected chi connectivity index (χ0v) is 15.3. The highest BCUT2D eigenvalue weighted by atomic mass is 16.5. The van der Waals surface area contributed by atoms with E-state index in [9.17, 15) is 9.59 Å². The molecule has 0 bridgehead atoms. The molecule has 0 spiro atoms. The van der Waals surface area contributed by atoms with Crippen molar-refractivity contribution in [1.29, 1.82) is 0 Å². The third-order valence-corrected chi connectivity index (χ3v) is 3.80. The summed E-state index contributed by atoms with van der Waals surface area (Å²) in [7, 11) is 1.49. The van der Waals surface area contributed by atoms with Crippen molar-refractivity contribution in [2.45, 2.75) is 0 Å². The summed E-state index contributed by atoms with van der Waals surface area (Å²) < 4.78 is 16.4. The minimum Gasteiger partial charge on any atom is -0.493 e. The molecular formula is C22H19NO5. The number of benzene rings is 3. The van der Waals surface area contributed by atoms with Crippen LogP contribution in [0.25, 0.3) is 0 Å². The molecule has 28 heavy (non-hydrogen) atoms. The van der Waals surface area contributed by atoms with E-state index in [1.165, 1.54) is 13.2 Å². The van der Waals surface area contributed by atoms with Gasteiger partial charge in [0.2, 0.25) is 0 Å². The normalized spacial score (nSPS) is 10.0. The molecule has 0 aliphatic heterocycles. The second-order valence-electron chi connectivity index (χ2n) is 5.80. The fourth-order valence-electron chi connectivity index (χ4n) is 2.45. The van der Waals surface area contributed by atoms with Crippen LogP contribution in [-0.4, -0.2) is 25.9 Å². The van der Waals surface area contributed by atoms with Crippen LogP contribution in [0.4, 0.5) is 5.69 Å². The van der Waals surface area contributed by atoms with Crippen LogP contribution in [0.3, 0.4) is 0 Å². The van der Waals surface area contributed by atoms with E-state index in [0.717, 1.165) is 5.75 Å². The van der Waals surface area contributed by atoms with Gasteiger partial charge in [0.25, 0.3) is 5.91 Å². The highest BCUT2D eigenvalue weighted by molar-refractivity contribution is 5.92. The Hall–Kier alpha value is -3.80. The van der Waals surface area contributed by atoms with Crippen molar-refractivity contribution in [3.8, 4) is 23.0 Å². The SMILES string of the molecule is COc1ccc(C=O)cc1OCC(=O)Nc1ccc(Oc2ccccc2)cc1. The maximum Gasteiger partial charge on any atom is 0.262 e. The van der Waals surface area contributed by atoms with Crippen molar-refractivity contribution in [1.82, 2.24) is 0 Å². The molecule has 3 aromatic rings. The van der Waals surface area contributed by atoms with Gasteiger partial charge < -0.3 is 19.5 Å². The topological polar surface area (TPSA) is 73.9 Å². The molecule has 0 radical (unpaired) electrons. The highest BCUT2D eigenvalue weighted by Crippen LogP contribution is 2.27. The van der Waals surface area contributed by atoms with Gasteiger partial charge in [-0.15, -0.1) is 0 Å². The van der Waals surface area contributed by atoms with Crippen molar-refractivity contribution in [3.63, 3.8) is 0 Å². The van der Waals surface area contributed by atoms with Crippen LogP contribution in [0, 0.1) is 0 Å². The molecule has 0 aliphatic carbocycles. The first-order valence-corrected chi connectivity index (χ1v) is 8.57. The second kappa shape index (κ2) is 9.23. The molecule has 0 heterocycles. The van der Waals surface area contributed by atoms with E-state index in [1.807, 2.05) is 30.3 Å². The summed E-state index contributed by atoms with van der Waals surface area (Å²) in [6, 6.07) is 21.2. The quantitative estimate of drug-likeness (QED) is 0.592. The molecule has 0 saturated carbocycles. The lowest BCUT2D eigenvalue weighted by molar-refractivity contribution is -0.118. The maximum absolute atomic E-state index is 12.1. The van der Waals surface area contributed by atoms with Crippen LogP contribution in [0.5, 0.6) is 23.0 Å². The zero-order chi connectivity index (χ0) is 19.8. The Kier molecular flexibility index (Phi) is 6.25. The predicted molar refractivity (Wildman–Crippen MR) is 105 cm³/mol. The Bertz CT molecular complexity index is 939. The minimum absolute atomic E-state index is 0.221. The van der Waals surface area contributed by atoms with Crippen LogP contribution < -0.4 is 19.5 Å². The third-order valence-electron chi connectivity index (χ3n) is 3.80. The zero-order valence-electron chi connectivity index (χ0n) is 15.3. The van der Waals surface area contributed by atoms with Gasteiger partial charge >= 0.3 is 0 Å². The van der Waals surface area contributed by atoms with Crippen LogP contribution in [-0.2, 0) is 4.79 Å². The number of rotatable bonds is 8. The van der Waals surface area contributed by atoms with Gasteiger partial charge in [0.15, 0.2) is 18.1 Å². The minimum atomic E-state index is -0.338. The molecule has 0 fully saturated rings. The summed E-state index contributed by atoms with van der Waals surface area (Å²) in [5.41, 5.74) is 1.05. The number of nitrogens with one attached hydrogen (secondary N) is 1. The number of carbonyl (C=O) groups is 2. The monoisotopic (exact) mass is 377 g/mol. The van der Waals surface area contributed by atoms with Gasteiger partial charge in [-0.2, -0.15) is 0 Å². The van der Waals surface area contributed by atoms with Gasteiger partial charge in [-0.05, 0) is 54.6 Å². The standard InChI is InChI=1S/C22H19NO5/c1-26-20-12-7-16(14-24)13-21(20)27-15-22(25)23-17-8-10-19(11-9-17)28-18-5-3-2-4-6-18/h2-14H,15H2,1H3,(H,23,25). The molecule has 1 amide bonds. The average molecular weight is 377 g/mol. The molecule has 0 aromatic heterocycles.